The number of aromatic nitrogens is 2. The van der Waals surface area contributed by atoms with Crippen molar-refractivity contribution < 1.29 is 28.6 Å². The Kier molecular flexibility index (Phi) is 5.86. The Labute approximate surface area is 207 Å². The van der Waals surface area contributed by atoms with Crippen LogP contribution < -0.4 is 10.3 Å². The number of nitrogens with zero attached hydrogens (tertiary/aromatic N) is 2. The van der Waals surface area contributed by atoms with E-state index in [0.29, 0.717) is 46.7 Å². The number of fused-ring (bicyclic) bond motifs is 5. The highest BCUT2D eigenvalue weighted by Gasteiger charge is 2.48. The van der Waals surface area contributed by atoms with Crippen LogP contribution in [0.1, 0.15) is 56.7 Å². The molecule has 0 amide bonds. The third-order valence-corrected chi connectivity index (χ3v) is 6.98. The second-order valence-electron chi connectivity index (χ2n) is 9.02. The molecule has 1 atom stereocenters. The molecule has 0 fully saturated rings. The van der Waals surface area contributed by atoms with Gasteiger partial charge in [-0.1, -0.05) is 20.8 Å². The molecule has 0 unspecified atom stereocenters. The number of carbonyl (C=O) groups excluding carboxylic acids is 3. The molecule has 2 aliphatic rings. The van der Waals surface area contributed by atoms with E-state index < -0.39 is 17.4 Å². The van der Waals surface area contributed by atoms with Gasteiger partial charge in [-0.25, -0.2) is 4.98 Å². The van der Waals surface area contributed by atoms with Crippen LogP contribution >= 0.6 is 0 Å². The summed E-state index contributed by atoms with van der Waals surface area (Å²) in [6.07, 6.45) is 0.751. The third-order valence-electron chi connectivity index (χ3n) is 6.98. The van der Waals surface area contributed by atoms with Crippen LogP contribution in [0.4, 0.5) is 0 Å². The Hall–Kier alpha value is -4.01. The summed E-state index contributed by atoms with van der Waals surface area (Å²) in [5.41, 5.74) is 2.17. The van der Waals surface area contributed by atoms with Gasteiger partial charge in [-0.2, -0.15) is 0 Å². The predicted octanol–water partition coefficient (Wildman–Crippen LogP) is 3.40. The number of pyridine rings is 2. The summed E-state index contributed by atoms with van der Waals surface area (Å²) in [6.45, 7) is 5.21. The van der Waals surface area contributed by atoms with Gasteiger partial charge in [0.15, 0.2) is 0 Å². The lowest BCUT2D eigenvalue weighted by Gasteiger charge is -2.35. The average molecular weight is 491 g/mol. The van der Waals surface area contributed by atoms with E-state index in [4.69, 9.17) is 19.2 Å². The first kappa shape index (κ1) is 23.7. The van der Waals surface area contributed by atoms with Crippen molar-refractivity contribution in [1.29, 1.82) is 0 Å². The minimum Gasteiger partial charge on any atom is -0.464 e. The van der Waals surface area contributed by atoms with E-state index >= 15 is 0 Å². The summed E-state index contributed by atoms with van der Waals surface area (Å²) in [7, 11) is 0. The van der Waals surface area contributed by atoms with Gasteiger partial charge >= 0.3 is 17.9 Å². The fourth-order valence-corrected chi connectivity index (χ4v) is 4.85. The lowest BCUT2D eigenvalue weighted by atomic mass is 9.75. The van der Waals surface area contributed by atoms with Crippen molar-refractivity contribution in [3.05, 3.63) is 57.4 Å². The molecule has 0 bridgehead atoms. The van der Waals surface area contributed by atoms with Crippen LogP contribution in [-0.4, -0.2) is 34.1 Å². The molecular weight excluding hydrogens is 464 g/mol. The van der Waals surface area contributed by atoms with Crippen molar-refractivity contribution in [2.45, 2.75) is 58.6 Å². The van der Waals surface area contributed by atoms with E-state index in [1.165, 1.54) is 0 Å². The Morgan fingerprint density at radius 2 is 1.86 bits per heavy atom. The number of ether oxygens (including phenoxy) is 3. The first-order valence-electron chi connectivity index (χ1n) is 12.1. The predicted molar refractivity (Wildman–Crippen MR) is 129 cm³/mol. The minimum atomic E-state index is -1.26. The van der Waals surface area contributed by atoms with Crippen molar-refractivity contribution >= 4 is 28.8 Å². The molecule has 2 aromatic heterocycles. The second-order valence-corrected chi connectivity index (χ2v) is 9.02. The van der Waals surface area contributed by atoms with Crippen LogP contribution in [0.5, 0.6) is 5.75 Å². The topological polar surface area (TPSA) is 114 Å². The highest BCUT2D eigenvalue weighted by atomic mass is 16.6. The van der Waals surface area contributed by atoms with E-state index in [2.05, 4.69) is 0 Å². The summed E-state index contributed by atoms with van der Waals surface area (Å²) in [4.78, 5) is 54.9. The molecule has 2 aliphatic heterocycles. The number of hydrogen-bond acceptors (Lipinski definition) is 8. The number of carbonyl (C=O) groups is 3. The standard InChI is InChI=1S/C27H26N2O7/c1-4-22(30)35-14-27(6-3)19-11-21-24-16(12-29(21)25(32)18(19)13-34-26(27)33)9-15-10-17(36-23(31)5-2)7-8-20(15)28-24/h7-11H,4-6,12-14H2,1-3H3/t27-/m0/s1. The van der Waals surface area contributed by atoms with Crippen molar-refractivity contribution in [1.82, 2.24) is 9.55 Å². The Balaban J connectivity index is 1.62. The largest absolute Gasteiger partial charge is 0.464 e. The van der Waals surface area contributed by atoms with Crippen LogP contribution in [-0.2, 0) is 42.4 Å². The van der Waals surface area contributed by atoms with Crippen LogP contribution in [0.25, 0.3) is 22.3 Å². The molecule has 5 rings (SSSR count). The third kappa shape index (κ3) is 3.66. The van der Waals surface area contributed by atoms with Gasteiger partial charge in [-0.05, 0) is 42.3 Å². The van der Waals surface area contributed by atoms with Crippen LogP contribution in [0.2, 0.25) is 0 Å². The summed E-state index contributed by atoms with van der Waals surface area (Å²) in [5.74, 6) is -0.828. The molecule has 9 heteroatoms. The van der Waals surface area contributed by atoms with E-state index in [1.807, 2.05) is 19.1 Å². The normalized spacial score (nSPS) is 17.7. The van der Waals surface area contributed by atoms with Crippen molar-refractivity contribution in [3.63, 3.8) is 0 Å². The van der Waals surface area contributed by atoms with Gasteiger partial charge in [0.05, 0.1) is 29.0 Å². The number of rotatable bonds is 6. The molecular formula is C27H26N2O7. The van der Waals surface area contributed by atoms with Crippen LogP contribution in [0.15, 0.2) is 35.1 Å². The molecule has 0 saturated heterocycles. The molecule has 0 N–H and O–H groups in total. The summed E-state index contributed by atoms with van der Waals surface area (Å²) >= 11 is 0. The highest BCUT2D eigenvalue weighted by molar-refractivity contribution is 5.88. The Morgan fingerprint density at radius 1 is 1.08 bits per heavy atom. The van der Waals surface area contributed by atoms with Gasteiger partial charge in [-0.15, -0.1) is 0 Å². The molecule has 0 spiro atoms. The zero-order valence-corrected chi connectivity index (χ0v) is 20.4. The van der Waals surface area contributed by atoms with Crippen molar-refractivity contribution in [2.24, 2.45) is 0 Å². The molecule has 186 valence electrons. The lowest BCUT2D eigenvalue weighted by molar-refractivity contribution is -0.161. The fraction of sp³-hybridized carbons (Fsp3) is 0.370. The molecule has 9 nitrogen and oxygen atoms in total. The molecule has 0 saturated carbocycles. The second kappa shape index (κ2) is 8.89. The molecule has 36 heavy (non-hydrogen) atoms. The molecule has 0 radical (unpaired) electrons. The molecule has 0 aliphatic carbocycles. The first-order chi connectivity index (χ1) is 17.3. The number of benzene rings is 1. The maximum atomic E-state index is 13.6. The van der Waals surface area contributed by atoms with Crippen LogP contribution in [0, 0.1) is 0 Å². The summed E-state index contributed by atoms with van der Waals surface area (Å²) in [5, 5.41) is 0.786. The maximum absolute atomic E-state index is 13.6. The van der Waals surface area contributed by atoms with Gasteiger partial charge in [-0.3, -0.25) is 19.2 Å². The minimum absolute atomic E-state index is 0.130. The van der Waals surface area contributed by atoms with Crippen molar-refractivity contribution in [2.75, 3.05) is 6.61 Å². The van der Waals surface area contributed by atoms with Crippen molar-refractivity contribution in [3.8, 4) is 17.1 Å². The summed E-state index contributed by atoms with van der Waals surface area (Å²) < 4.78 is 17.8. The number of esters is 3. The fourth-order valence-electron chi connectivity index (χ4n) is 4.85. The number of cyclic esters (lactones) is 1. The quantitative estimate of drug-likeness (QED) is 0.298. The van der Waals surface area contributed by atoms with Gasteiger partial charge in [0, 0.05) is 23.8 Å². The smallest absolute Gasteiger partial charge is 0.320 e. The molecule has 4 heterocycles. The SMILES string of the molecule is CCC(=O)OC[C@]1(CC)C(=O)OCc2c1cc1n(c2=O)Cc2cc3cc(OC(=O)CC)ccc3nc2-1. The molecule has 1 aromatic carbocycles. The van der Waals surface area contributed by atoms with Gasteiger partial charge in [0.1, 0.15) is 24.4 Å². The zero-order valence-electron chi connectivity index (χ0n) is 20.4. The lowest BCUT2D eigenvalue weighted by Crippen LogP contribution is -2.48. The first-order valence-corrected chi connectivity index (χ1v) is 12.1. The number of hydrogen-bond donors (Lipinski definition) is 0. The summed E-state index contributed by atoms with van der Waals surface area (Å²) in [6, 6.07) is 8.96. The monoisotopic (exact) mass is 490 g/mol. The Bertz CT molecular complexity index is 1490. The Morgan fingerprint density at radius 3 is 2.58 bits per heavy atom. The van der Waals surface area contributed by atoms with E-state index in [-0.39, 0.29) is 37.6 Å². The zero-order chi connectivity index (χ0) is 25.6. The van der Waals surface area contributed by atoms with Crippen LogP contribution in [0.3, 0.4) is 0 Å². The average Bonchev–Trinajstić information content (AvgIpc) is 3.24. The van der Waals surface area contributed by atoms with Gasteiger partial charge < -0.3 is 18.8 Å². The van der Waals surface area contributed by atoms with E-state index in [9.17, 15) is 19.2 Å². The van der Waals surface area contributed by atoms with Gasteiger partial charge in [0.2, 0.25) is 0 Å². The van der Waals surface area contributed by atoms with E-state index in [0.717, 1.165) is 10.9 Å². The maximum Gasteiger partial charge on any atom is 0.320 e. The van der Waals surface area contributed by atoms with Gasteiger partial charge in [0.25, 0.3) is 5.56 Å². The van der Waals surface area contributed by atoms with E-state index in [1.54, 1.807) is 36.6 Å². The highest BCUT2D eigenvalue weighted by Crippen LogP contribution is 2.40. The molecule has 3 aromatic rings.